The Morgan fingerprint density at radius 3 is 2.43 bits per heavy atom. The second-order valence-electron chi connectivity index (χ2n) is 5.47. The molecule has 0 radical (unpaired) electrons. The zero-order valence-corrected chi connectivity index (χ0v) is 14.1. The van der Waals surface area contributed by atoms with Gasteiger partial charge in [-0.25, -0.2) is 0 Å². The smallest absolute Gasteiger partial charge is 0.251 e. The van der Waals surface area contributed by atoms with Crippen LogP contribution in [0.15, 0.2) is 42.5 Å². The first kappa shape index (κ1) is 17.3. The number of aryl methyl sites for hydroxylation is 1. The van der Waals surface area contributed by atoms with Gasteiger partial charge < -0.3 is 15.2 Å². The fraction of sp³-hybridized carbons (Fsp3) is 0.278. The molecule has 0 aliphatic heterocycles. The summed E-state index contributed by atoms with van der Waals surface area (Å²) in [4.78, 5) is 12.4. The zero-order chi connectivity index (χ0) is 17.0. The average molecular weight is 334 g/mol. The summed E-state index contributed by atoms with van der Waals surface area (Å²) in [6.07, 6.45) is -0.284. The topological polar surface area (TPSA) is 58.6 Å². The maximum Gasteiger partial charge on any atom is 0.251 e. The molecule has 0 heterocycles. The highest BCUT2D eigenvalue weighted by Crippen LogP contribution is 2.23. The van der Waals surface area contributed by atoms with E-state index in [-0.39, 0.29) is 23.8 Å². The van der Waals surface area contributed by atoms with E-state index in [9.17, 15) is 9.90 Å². The Morgan fingerprint density at radius 2 is 1.87 bits per heavy atom. The number of amides is 1. The van der Waals surface area contributed by atoms with Gasteiger partial charge >= 0.3 is 0 Å². The number of carbonyl (C=O) groups is 1. The van der Waals surface area contributed by atoms with Crippen molar-refractivity contribution in [3.8, 4) is 5.75 Å². The van der Waals surface area contributed by atoms with Crippen LogP contribution in [0, 0.1) is 6.92 Å². The number of hydrogen-bond acceptors (Lipinski definition) is 3. The van der Waals surface area contributed by atoms with Gasteiger partial charge in [0.1, 0.15) is 11.9 Å². The number of benzene rings is 2. The minimum Gasteiger partial charge on any atom is -0.508 e. The van der Waals surface area contributed by atoms with E-state index >= 15 is 0 Å². The highest BCUT2D eigenvalue weighted by atomic mass is 35.5. The lowest BCUT2D eigenvalue weighted by Crippen LogP contribution is -2.38. The number of methoxy groups -OCH3 is 1. The first-order valence-electron chi connectivity index (χ1n) is 7.31. The lowest BCUT2D eigenvalue weighted by molar-refractivity contribution is 0.0644. The average Bonchev–Trinajstić information content (AvgIpc) is 2.49. The molecule has 2 rings (SSSR count). The molecule has 2 aromatic rings. The van der Waals surface area contributed by atoms with Crippen molar-refractivity contribution in [2.75, 3.05) is 7.11 Å². The van der Waals surface area contributed by atoms with Gasteiger partial charge in [-0.2, -0.15) is 0 Å². The van der Waals surface area contributed by atoms with Crippen LogP contribution in [0.4, 0.5) is 0 Å². The van der Waals surface area contributed by atoms with Gasteiger partial charge in [-0.15, -0.1) is 0 Å². The predicted octanol–water partition coefficient (Wildman–Crippen LogP) is 3.86. The molecule has 2 aromatic carbocycles. The van der Waals surface area contributed by atoms with Gasteiger partial charge in [-0.05, 0) is 55.3 Å². The van der Waals surface area contributed by atoms with Crippen LogP contribution >= 0.6 is 11.6 Å². The van der Waals surface area contributed by atoms with Crippen molar-refractivity contribution in [1.82, 2.24) is 5.32 Å². The molecule has 2 N–H and O–H groups in total. The minimum absolute atomic E-state index is 0.142. The molecule has 0 spiro atoms. The van der Waals surface area contributed by atoms with Gasteiger partial charge in [0.2, 0.25) is 0 Å². The Hall–Kier alpha value is -2.04. The third-order valence-corrected chi connectivity index (χ3v) is 3.97. The molecular weight excluding hydrogens is 314 g/mol. The maximum absolute atomic E-state index is 12.4. The van der Waals surface area contributed by atoms with Crippen LogP contribution in [0.1, 0.15) is 34.5 Å². The van der Waals surface area contributed by atoms with Crippen LogP contribution < -0.4 is 5.32 Å². The van der Waals surface area contributed by atoms with Crippen molar-refractivity contribution in [2.45, 2.75) is 26.0 Å². The van der Waals surface area contributed by atoms with Crippen LogP contribution in [0.5, 0.6) is 5.75 Å². The Bertz CT molecular complexity index is 685. The van der Waals surface area contributed by atoms with E-state index in [0.717, 1.165) is 11.1 Å². The number of halogens is 1. The molecule has 0 aromatic heterocycles. The molecular formula is C18H20ClNO3. The molecule has 2 atom stereocenters. The van der Waals surface area contributed by atoms with Crippen molar-refractivity contribution in [3.05, 3.63) is 64.2 Å². The monoisotopic (exact) mass is 333 g/mol. The van der Waals surface area contributed by atoms with Crippen LogP contribution in [-0.4, -0.2) is 24.2 Å². The number of phenols is 1. The number of hydrogen-bond donors (Lipinski definition) is 2. The van der Waals surface area contributed by atoms with Gasteiger partial charge in [-0.1, -0.05) is 23.7 Å². The summed E-state index contributed by atoms with van der Waals surface area (Å²) in [6.45, 7) is 3.67. The zero-order valence-electron chi connectivity index (χ0n) is 13.3. The van der Waals surface area contributed by atoms with E-state index in [1.165, 1.54) is 6.07 Å². The largest absolute Gasteiger partial charge is 0.508 e. The molecule has 0 aliphatic carbocycles. The summed E-state index contributed by atoms with van der Waals surface area (Å²) in [5.74, 6) is -0.0611. The number of ether oxygens (including phenoxy) is 1. The van der Waals surface area contributed by atoms with E-state index in [4.69, 9.17) is 16.3 Å². The Balaban J connectivity index is 2.14. The van der Waals surface area contributed by atoms with Gasteiger partial charge in [0.15, 0.2) is 0 Å². The normalized spacial score (nSPS) is 13.4. The summed E-state index contributed by atoms with van der Waals surface area (Å²) in [5, 5.41) is 13.0. The third-order valence-electron chi connectivity index (χ3n) is 3.72. The van der Waals surface area contributed by atoms with Crippen LogP contribution in [0.2, 0.25) is 5.02 Å². The van der Waals surface area contributed by atoms with E-state index in [2.05, 4.69) is 5.32 Å². The molecule has 0 saturated carbocycles. The standard InChI is InChI=1S/C18H20ClNO3/c1-11-10-15(21)8-9-16(11)18(22)20-12(2)17(23-3)13-4-6-14(19)7-5-13/h4-10,12,17,21H,1-3H3,(H,20,22)/t12-,17-/m0/s1. The summed E-state index contributed by atoms with van der Waals surface area (Å²) < 4.78 is 5.53. The van der Waals surface area contributed by atoms with Crippen LogP contribution in [0.25, 0.3) is 0 Å². The molecule has 122 valence electrons. The molecule has 5 heteroatoms. The molecule has 23 heavy (non-hydrogen) atoms. The van der Waals surface area contributed by atoms with Crippen molar-refractivity contribution < 1.29 is 14.6 Å². The maximum atomic E-state index is 12.4. The number of rotatable bonds is 5. The van der Waals surface area contributed by atoms with Gasteiger partial charge in [-0.3, -0.25) is 4.79 Å². The van der Waals surface area contributed by atoms with Crippen molar-refractivity contribution >= 4 is 17.5 Å². The molecule has 0 bridgehead atoms. The highest BCUT2D eigenvalue weighted by Gasteiger charge is 2.22. The number of carbonyl (C=O) groups excluding carboxylic acids is 1. The number of phenolic OH excluding ortho intramolecular Hbond substituents is 1. The molecule has 1 amide bonds. The van der Waals surface area contributed by atoms with Gasteiger partial charge in [0, 0.05) is 17.7 Å². The van der Waals surface area contributed by atoms with E-state index in [1.54, 1.807) is 38.3 Å². The lowest BCUT2D eigenvalue weighted by Gasteiger charge is -2.24. The lowest BCUT2D eigenvalue weighted by atomic mass is 10.0. The molecule has 0 fully saturated rings. The van der Waals surface area contributed by atoms with Crippen LogP contribution in [-0.2, 0) is 4.74 Å². The van der Waals surface area contributed by atoms with E-state index < -0.39 is 0 Å². The Kier molecular flexibility index (Phi) is 5.64. The van der Waals surface area contributed by atoms with E-state index in [0.29, 0.717) is 10.6 Å². The second-order valence-corrected chi connectivity index (χ2v) is 5.91. The summed E-state index contributed by atoms with van der Waals surface area (Å²) in [6, 6.07) is 11.8. The van der Waals surface area contributed by atoms with E-state index in [1.807, 2.05) is 19.1 Å². The molecule has 0 unspecified atom stereocenters. The predicted molar refractivity (Wildman–Crippen MR) is 91.0 cm³/mol. The van der Waals surface area contributed by atoms with Crippen molar-refractivity contribution in [1.29, 1.82) is 0 Å². The highest BCUT2D eigenvalue weighted by molar-refractivity contribution is 6.30. The fourth-order valence-electron chi connectivity index (χ4n) is 2.54. The van der Waals surface area contributed by atoms with Crippen LogP contribution in [0.3, 0.4) is 0 Å². The molecule has 0 saturated heterocycles. The minimum atomic E-state index is -0.284. The SMILES string of the molecule is CO[C@H](c1ccc(Cl)cc1)[C@H](C)NC(=O)c1ccc(O)cc1C. The number of nitrogens with one attached hydrogen (secondary N) is 1. The third kappa shape index (κ3) is 4.24. The van der Waals surface area contributed by atoms with Crippen molar-refractivity contribution in [3.63, 3.8) is 0 Å². The first-order chi connectivity index (χ1) is 10.9. The fourth-order valence-corrected chi connectivity index (χ4v) is 2.67. The summed E-state index contributed by atoms with van der Waals surface area (Å²) in [5.41, 5.74) is 2.18. The quantitative estimate of drug-likeness (QED) is 0.873. The summed E-state index contributed by atoms with van der Waals surface area (Å²) >= 11 is 5.90. The Labute approximate surface area is 141 Å². The number of aromatic hydroxyl groups is 1. The van der Waals surface area contributed by atoms with Gasteiger partial charge in [0.25, 0.3) is 5.91 Å². The molecule has 4 nitrogen and oxygen atoms in total. The molecule has 0 aliphatic rings. The Morgan fingerprint density at radius 1 is 1.22 bits per heavy atom. The summed E-state index contributed by atoms with van der Waals surface area (Å²) in [7, 11) is 1.60. The second kappa shape index (κ2) is 7.49. The van der Waals surface area contributed by atoms with Gasteiger partial charge in [0.05, 0.1) is 6.04 Å². The van der Waals surface area contributed by atoms with Crippen molar-refractivity contribution in [2.24, 2.45) is 0 Å². The first-order valence-corrected chi connectivity index (χ1v) is 7.69.